The number of likely N-dealkylation sites (tertiary alicyclic amines) is 1. The van der Waals surface area contributed by atoms with Crippen molar-refractivity contribution in [3.8, 4) is 0 Å². The predicted molar refractivity (Wildman–Crippen MR) is 139 cm³/mol. The number of hydrogen-bond donors (Lipinski definition) is 0. The Bertz CT molecular complexity index is 1120. The van der Waals surface area contributed by atoms with Gasteiger partial charge in [0.05, 0.1) is 11.1 Å². The number of fused-ring (bicyclic) bond motifs is 1. The van der Waals surface area contributed by atoms with Crippen LogP contribution >= 0.6 is 0 Å². The fourth-order valence-electron chi connectivity index (χ4n) is 6.06. The Balaban J connectivity index is 1.59. The lowest BCUT2D eigenvalue weighted by Gasteiger charge is -2.56. The summed E-state index contributed by atoms with van der Waals surface area (Å²) in [5, 5.41) is 0. The summed E-state index contributed by atoms with van der Waals surface area (Å²) < 4.78 is 0. The number of rotatable bonds is 6. The number of carbonyl (C=O) groups excluding carboxylic acids is 3. The van der Waals surface area contributed by atoms with Crippen LogP contribution in [0.25, 0.3) is 0 Å². The van der Waals surface area contributed by atoms with E-state index in [4.69, 9.17) is 0 Å². The molecule has 0 bridgehead atoms. The van der Waals surface area contributed by atoms with Crippen molar-refractivity contribution >= 4 is 23.4 Å². The first-order valence-corrected chi connectivity index (χ1v) is 12.6. The number of hydrogen-bond acceptors (Lipinski definition) is 4. The summed E-state index contributed by atoms with van der Waals surface area (Å²) >= 11 is 0. The van der Waals surface area contributed by atoms with Gasteiger partial charge in [0.1, 0.15) is 0 Å². The van der Waals surface area contributed by atoms with Crippen LogP contribution in [0.15, 0.2) is 48.5 Å². The van der Waals surface area contributed by atoms with E-state index in [1.165, 1.54) is 4.90 Å². The first-order chi connectivity index (χ1) is 16.5. The van der Waals surface area contributed by atoms with Crippen LogP contribution in [-0.4, -0.2) is 58.2 Å². The highest BCUT2D eigenvalue weighted by atomic mass is 16.2. The molecule has 2 aromatic carbocycles. The van der Waals surface area contributed by atoms with Crippen LogP contribution in [0, 0.1) is 0 Å². The van der Waals surface area contributed by atoms with Gasteiger partial charge in [-0.05, 0) is 83.8 Å². The third-order valence-electron chi connectivity index (χ3n) is 7.65. The van der Waals surface area contributed by atoms with Gasteiger partial charge in [0.2, 0.25) is 0 Å². The van der Waals surface area contributed by atoms with Gasteiger partial charge >= 0.3 is 0 Å². The molecule has 0 saturated carbocycles. The minimum absolute atomic E-state index is 0.142. The van der Waals surface area contributed by atoms with Gasteiger partial charge in [0, 0.05) is 35.4 Å². The van der Waals surface area contributed by atoms with Crippen molar-refractivity contribution in [3.63, 3.8) is 0 Å². The lowest BCUT2D eigenvalue weighted by atomic mass is 9.76. The SMILES string of the molecule is CCCCN1C(C)(C)CC(N2C(=O)c3ccc(C(=O)N(C)c4ccccc4)cc3C2=O)CC1(C)C. The average molecular weight is 476 g/mol. The summed E-state index contributed by atoms with van der Waals surface area (Å²) in [6.07, 6.45) is 3.71. The first-order valence-electron chi connectivity index (χ1n) is 12.6. The van der Waals surface area contributed by atoms with E-state index in [0.29, 0.717) is 16.7 Å². The maximum Gasteiger partial charge on any atom is 0.261 e. The molecule has 4 rings (SSSR count). The number of benzene rings is 2. The topological polar surface area (TPSA) is 60.9 Å². The van der Waals surface area contributed by atoms with Crippen LogP contribution in [0.5, 0.6) is 0 Å². The summed E-state index contributed by atoms with van der Waals surface area (Å²) in [6.45, 7) is 12.1. The van der Waals surface area contributed by atoms with Crippen molar-refractivity contribution in [2.75, 3.05) is 18.5 Å². The van der Waals surface area contributed by atoms with Gasteiger partial charge < -0.3 is 4.90 Å². The highest BCUT2D eigenvalue weighted by molar-refractivity contribution is 6.22. The number of imide groups is 1. The van der Waals surface area contributed by atoms with E-state index in [2.05, 4.69) is 39.5 Å². The standard InChI is InChI=1S/C29H37N3O3/c1-7-8-16-31-28(2,3)18-22(19-29(31,4)5)32-26(34)23-15-14-20(17-24(23)27(32)35)25(33)30(6)21-12-10-9-11-13-21/h9-15,17,22H,7-8,16,18-19H2,1-6H3. The third kappa shape index (κ3) is 4.52. The highest BCUT2D eigenvalue weighted by Gasteiger charge is 2.50. The number of nitrogens with zero attached hydrogens (tertiary/aromatic N) is 3. The molecular weight excluding hydrogens is 438 g/mol. The summed E-state index contributed by atoms with van der Waals surface area (Å²) in [6, 6.07) is 14.0. The van der Waals surface area contributed by atoms with Crippen molar-refractivity contribution in [2.24, 2.45) is 0 Å². The fourth-order valence-corrected chi connectivity index (χ4v) is 6.06. The summed E-state index contributed by atoms with van der Waals surface area (Å²) in [5.41, 5.74) is 1.59. The van der Waals surface area contributed by atoms with Crippen molar-refractivity contribution in [1.82, 2.24) is 9.80 Å². The number of carbonyl (C=O) groups is 3. The van der Waals surface area contributed by atoms with Crippen LogP contribution < -0.4 is 4.90 Å². The summed E-state index contributed by atoms with van der Waals surface area (Å²) in [4.78, 5) is 45.6. The van der Waals surface area contributed by atoms with Crippen molar-refractivity contribution in [1.29, 1.82) is 0 Å². The van der Waals surface area contributed by atoms with E-state index in [0.717, 1.165) is 37.9 Å². The van der Waals surface area contributed by atoms with Gasteiger partial charge in [0.25, 0.3) is 17.7 Å². The van der Waals surface area contributed by atoms with E-state index in [-0.39, 0.29) is 34.8 Å². The Morgan fingerprint density at radius 1 is 0.943 bits per heavy atom. The van der Waals surface area contributed by atoms with Gasteiger partial charge in [-0.3, -0.25) is 24.2 Å². The predicted octanol–water partition coefficient (Wildman–Crippen LogP) is 5.38. The molecule has 2 heterocycles. The van der Waals surface area contributed by atoms with E-state index >= 15 is 0 Å². The number of unbranched alkanes of at least 4 members (excludes halogenated alkanes) is 1. The van der Waals surface area contributed by atoms with Gasteiger partial charge in [-0.1, -0.05) is 31.5 Å². The van der Waals surface area contributed by atoms with Crippen LogP contribution in [0.1, 0.15) is 91.4 Å². The molecule has 0 N–H and O–H groups in total. The molecule has 186 valence electrons. The molecule has 6 heteroatoms. The smallest absolute Gasteiger partial charge is 0.261 e. The number of para-hydroxylation sites is 1. The van der Waals surface area contributed by atoms with Crippen LogP contribution in [-0.2, 0) is 0 Å². The maximum atomic E-state index is 13.6. The molecule has 35 heavy (non-hydrogen) atoms. The molecule has 1 fully saturated rings. The maximum absolute atomic E-state index is 13.6. The van der Waals surface area contributed by atoms with E-state index in [1.54, 1.807) is 30.1 Å². The van der Waals surface area contributed by atoms with Crippen molar-refractivity contribution < 1.29 is 14.4 Å². The summed E-state index contributed by atoms with van der Waals surface area (Å²) in [5.74, 6) is -0.760. The molecule has 2 aliphatic rings. The van der Waals surface area contributed by atoms with Gasteiger partial charge in [-0.2, -0.15) is 0 Å². The number of anilines is 1. The second-order valence-electron chi connectivity index (χ2n) is 11.1. The normalized spacial score (nSPS) is 19.7. The fraction of sp³-hybridized carbons (Fsp3) is 0.483. The molecule has 0 atom stereocenters. The Hall–Kier alpha value is -2.99. The largest absolute Gasteiger partial charge is 0.311 e. The zero-order valence-corrected chi connectivity index (χ0v) is 21.8. The molecule has 0 aromatic heterocycles. The van der Waals surface area contributed by atoms with Gasteiger partial charge in [0.15, 0.2) is 0 Å². The Labute approximate surface area is 208 Å². The monoisotopic (exact) mass is 475 g/mol. The highest BCUT2D eigenvalue weighted by Crippen LogP contribution is 2.42. The van der Waals surface area contributed by atoms with E-state index in [9.17, 15) is 14.4 Å². The Morgan fingerprint density at radius 3 is 2.14 bits per heavy atom. The quantitative estimate of drug-likeness (QED) is 0.526. The molecule has 0 radical (unpaired) electrons. The zero-order chi connectivity index (χ0) is 25.5. The second-order valence-corrected chi connectivity index (χ2v) is 11.1. The minimum atomic E-state index is -0.291. The summed E-state index contributed by atoms with van der Waals surface area (Å²) in [7, 11) is 1.71. The van der Waals surface area contributed by atoms with Crippen molar-refractivity contribution in [3.05, 3.63) is 65.2 Å². The van der Waals surface area contributed by atoms with Crippen LogP contribution in [0.4, 0.5) is 5.69 Å². The van der Waals surface area contributed by atoms with Crippen molar-refractivity contribution in [2.45, 2.75) is 77.4 Å². The minimum Gasteiger partial charge on any atom is -0.311 e. The number of amides is 3. The van der Waals surface area contributed by atoms with Crippen LogP contribution in [0.2, 0.25) is 0 Å². The Kier molecular flexibility index (Phi) is 6.62. The first kappa shape index (κ1) is 25.1. The molecular formula is C29H37N3O3. The molecule has 2 aromatic rings. The molecule has 3 amide bonds. The molecule has 0 spiro atoms. The molecule has 6 nitrogen and oxygen atoms in total. The third-order valence-corrected chi connectivity index (χ3v) is 7.65. The molecule has 0 unspecified atom stereocenters. The zero-order valence-electron chi connectivity index (χ0n) is 21.8. The average Bonchev–Trinajstić information content (AvgIpc) is 3.06. The van der Waals surface area contributed by atoms with E-state index < -0.39 is 0 Å². The molecule has 2 aliphatic heterocycles. The van der Waals surface area contributed by atoms with E-state index in [1.807, 2.05) is 30.3 Å². The Morgan fingerprint density at radius 2 is 1.54 bits per heavy atom. The molecule has 0 aliphatic carbocycles. The van der Waals surface area contributed by atoms with Gasteiger partial charge in [-0.15, -0.1) is 0 Å². The number of piperidine rings is 1. The lowest BCUT2D eigenvalue weighted by Crippen LogP contribution is -2.64. The van der Waals surface area contributed by atoms with Gasteiger partial charge in [-0.25, -0.2) is 0 Å². The second kappa shape index (κ2) is 9.23. The molecule has 1 saturated heterocycles. The lowest BCUT2D eigenvalue weighted by molar-refractivity contribution is -0.0553. The van der Waals surface area contributed by atoms with Crippen LogP contribution in [0.3, 0.4) is 0 Å².